The van der Waals surface area contributed by atoms with Gasteiger partial charge in [-0.3, -0.25) is 14.5 Å². The average Bonchev–Trinajstić information content (AvgIpc) is 2.77. The highest BCUT2D eigenvalue weighted by atomic mass is 16.5. The van der Waals surface area contributed by atoms with Crippen LogP contribution in [-0.4, -0.2) is 43.0 Å². The Morgan fingerprint density at radius 2 is 1.68 bits per heavy atom. The number of benzene rings is 2. The molecule has 0 bridgehead atoms. The summed E-state index contributed by atoms with van der Waals surface area (Å²) in [6.45, 7) is 7.21. The number of rotatable bonds is 10. The third kappa shape index (κ3) is 7.90. The molecule has 6 nitrogen and oxygen atoms in total. The van der Waals surface area contributed by atoms with Gasteiger partial charge in [-0.2, -0.15) is 0 Å². The zero-order chi connectivity index (χ0) is 22.8. The first-order chi connectivity index (χ1) is 14.8. The van der Waals surface area contributed by atoms with E-state index in [1.807, 2.05) is 42.5 Å². The molecule has 0 aromatic heterocycles. The van der Waals surface area contributed by atoms with Crippen LogP contribution in [0.25, 0.3) is 6.08 Å². The summed E-state index contributed by atoms with van der Waals surface area (Å²) in [7, 11) is 3.69. The summed E-state index contributed by atoms with van der Waals surface area (Å²) in [4.78, 5) is 26.9. The predicted molar refractivity (Wildman–Crippen MR) is 125 cm³/mol. The standard InChI is InChI=1S/C25H33N3O3/c1-18(2)28(4)17-22-9-7-6-8-21(22)16-26-25(30)19(3)27-24(29)15-12-20-10-13-23(31-5)14-11-20/h6-15,18-19H,16-17H2,1-5H3,(H,26,30)(H,27,29). The van der Waals surface area contributed by atoms with Crippen molar-refractivity contribution >= 4 is 17.9 Å². The molecule has 2 aromatic carbocycles. The predicted octanol–water partition coefficient (Wildman–Crippen LogP) is 3.37. The van der Waals surface area contributed by atoms with Crippen molar-refractivity contribution < 1.29 is 14.3 Å². The Morgan fingerprint density at radius 1 is 1.03 bits per heavy atom. The number of hydrogen-bond donors (Lipinski definition) is 2. The van der Waals surface area contributed by atoms with Gasteiger partial charge in [-0.15, -0.1) is 0 Å². The molecule has 2 aromatic rings. The Morgan fingerprint density at radius 3 is 2.29 bits per heavy atom. The zero-order valence-corrected chi connectivity index (χ0v) is 19.0. The van der Waals surface area contributed by atoms with Gasteiger partial charge < -0.3 is 15.4 Å². The number of methoxy groups -OCH3 is 1. The zero-order valence-electron chi connectivity index (χ0n) is 19.0. The van der Waals surface area contributed by atoms with Crippen molar-refractivity contribution in [1.82, 2.24) is 15.5 Å². The van der Waals surface area contributed by atoms with Crippen LogP contribution < -0.4 is 15.4 Å². The van der Waals surface area contributed by atoms with Crippen molar-refractivity contribution in [1.29, 1.82) is 0 Å². The normalized spacial score (nSPS) is 12.2. The fourth-order valence-corrected chi connectivity index (χ4v) is 2.88. The van der Waals surface area contributed by atoms with Crippen LogP contribution in [0, 0.1) is 0 Å². The lowest BCUT2D eigenvalue weighted by Gasteiger charge is -2.23. The van der Waals surface area contributed by atoms with Crippen LogP contribution in [-0.2, 0) is 22.7 Å². The van der Waals surface area contributed by atoms with E-state index in [0.29, 0.717) is 12.6 Å². The second-order valence-corrected chi connectivity index (χ2v) is 7.83. The van der Waals surface area contributed by atoms with Gasteiger partial charge in [-0.1, -0.05) is 36.4 Å². The van der Waals surface area contributed by atoms with E-state index in [9.17, 15) is 9.59 Å². The minimum absolute atomic E-state index is 0.224. The molecule has 2 rings (SSSR count). The molecular weight excluding hydrogens is 390 g/mol. The topological polar surface area (TPSA) is 70.7 Å². The van der Waals surface area contributed by atoms with E-state index in [1.165, 1.54) is 11.6 Å². The second-order valence-electron chi connectivity index (χ2n) is 7.83. The van der Waals surface area contributed by atoms with E-state index in [-0.39, 0.29) is 11.8 Å². The van der Waals surface area contributed by atoms with Gasteiger partial charge in [0.1, 0.15) is 11.8 Å². The molecule has 31 heavy (non-hydrogen) atoms. The molecule has 0 fully saturated rings. The fourth-order valence-electron chi connectivity index (χ4n) is 2.88. The van der Waals surface area contributed by atoms with Crippen molar-refractivity contribution in [3.8, 4) is 5.75 Å². The van der Waals surface area contributed by atoms with Crippen LogP contribution in [0.3, 0.4) is 0 Å². The van der Waals surface area contributed by atoms with Crippen LogP contribution >= 0.6 is 0 Å². The average molecular weight is 424 g/mol. The lowest BCUT2D eigenvalue weighted by Crippen LogP contribution is -2.44. The molecule has 0 aliphatic rings. The van der Waals surface area contributed by atoms with Gasteiger partial charge in [0.05, 0.1) is 7.11 Å². The highest BCUT2D eigenvalue weighted by Gasteiger charge is 2.15. The Bertz CT molecular complexity index is 891. The summed E-state index contributed by atoms with van der Waals surface area (Å²) in [6.07, 6.45) is 3.11. The first-order valence-electron chi connectivity index (χ1n) is 10.5. The van der Waals surface area contributed by atoms with Crippen molar-refractivity contribution in [2.45, 2.75) is 45.9 Å². The molecular formula is C25H33N3O3. The number of amides is 2. The Labute approximate surface area is 185 Å². The summed E-state index contributed by atoms with van der Waals surface area (Å²) in [5.74, 6) is 0.208. The maximum Gasteiger partial charge on any atom is 0.244 e. The first kappa shape index (κ1) is 24.2. The lowest BCUT2D eigenvalue weighted by atomic mass is 10.1. The number of nitrogens with zero attached hydrogens (tertiary/aromatic N) is 1. The molecule has 0 aliphatic heterocycles. The molecule has 2 N–H and O–H groups in total. The molecule has 0 aliphatic carbocycles. The van der Waals surface area contributed by atoms with Gasteiger partial charge in [-0.05, 0) is 62.7 Å². The van der Waals surface area contributed by atoms with Gasteiger partial charge in [0.15, 0.2) is 0 Å². The van der Waals surface area contributed by atoms with Gasteiger partial charge in [0.2, 0.25) is 11.8 Å². The molecule has 0 heterocycles. The van der Waals surface area contributed by atoms with Crippen LogP contribution in [0.1, 0.15) is 37.5 Å². The number of nitrogens with one attached hydrogen (secondary N) is 2. The van der Waals surface area contributed by atoms with Crippen molar-refractivity contribution in [3.63, 3.8) is 0 Å². The van der Waals surface area contributed by atoms with Crippen molar-refractivity contribution in [2.75, 3.05) is 14.2 Å². The van der Waals surface area contributed by atoms with Crippen molar-refractivity contribution in [2.24, 2.45) is 0 Å². The number of ether oxygens (including phenoxy) is 1. The summed E-state index contributed by atoms with van der Waals surface area (Å²) in [5.41, 5.74) is 3.12. The van der Waals surface area contributed by atoms with Crippen LogP contribution in [0.15, 0.2) is 54.6 Å². The van der Waals surface area contributed by atoms with E-state index < -0.39 is 6.04 Å². The van der Waals surface area contributed by atoms with Gasteiger partial charge in [0, 0.05) is 25.2 Å². The van der Waals surface area contributed by atoms with E-state index in [0.717, 1.165) is 23.4 Å². The number of carbonyl (C=O) groups excluding carboxylic acids is 2. The third-order valence-electron chi connectivity index (χ3n) is 5.17. The fraction of sp³-hybridized carbons (Fsp3) is 0.360. The molecule has 1 atom stereocenters. The number of carbonyl (C=O) groups is 2. The van der Waals surface area contributed by atoms with Crippen molar-refractivity contribution in [3.05, 3.63) is 71.3 Å². The molecule has 166 valence electrons. The molecule has 1 unspecified atom stereocenters. The summed E-state index contributed by atoms with van der Waals surface area (Å²) >= 11 is 0. The highest BCUT2D eigenvalue weighted by molar-refractivity contribution is 5.95. The Balaban J connectivity index is 1.87. The lowest BCUT2D eigenvalue weighted by molar-refractivity contribution is -0.126. The minimum Gasteiger partial charge on any atom is -0.497 e. The monoisotopic (exact) mass is 423 g/mol. The van der Waals surface area contributed by atoms with E-state index in [2.05, 4.69) is 42.5 Å². The Hall–Kier alpha value is -3.12. The highest BCUT2D eigenvalue weighted by Crippen LogP contribution is 2.13. The molecule has 0 saturated carbocycles. The summed E-state index contributed by atoms with van der Waals surface area (Å²) < 4.78 is 5.11. The van der Waals surface area contributed by atoms with Gasteiger partial charge in [-0.25, -0.2) is 0 Å². The van der Waals surface area contributed by atoms with E-state index >= 15 is 0 Å². The van der Waals surface area contributed by atoms with E-state index in [1.54, 1.807) is 20.1 Å². The summed E-state index contributed by atoms with van der Waals surface area (Å²) in [6, 6.07) is 15.2. The summed E-state index contributed by atoms with van der Waals surface area (Å²) in [5, 5.41) is 5.62. The molecule has 0 saturated heterocycles. The third-order valence-corrected chi connectivity index (χ3v) is 5.17. The Kier molecular flexibility index (Phi) is 9.28. The maximum absolute atomic E-state index is 12.5. The smallest absolute Gasteiger partial charge is 0.244 e. The van der Waals surface area contributed by atoms with Crippen LogP contribution in [0.4, 0.5) is 0 Å². The minimum atomic E-state index is -0.640. The van der Waals surface area contributed by atoms with Crippen LogP contribution in [0.5, 0.6) is 5.75 Å². The largest absolute Gasteiger partial charge is 0.497 e. The first-order valence-corrected chi connectivity index (χ1v) is 10.5. The molecule has 2 amide bonds. The molecule has 0 spiro atoms. The SMILES string of the molecule is COc1ccc(C=CC(=O)NC(C)C(=O)NCc2ccccc2CN(C)C(C)C)cc1. The number of hydrogen-bond acceptors (Lipinski definition) is 4. The van der Waals surface area contributed by atoms with Crippen LogP contribution in [0.2, 0.25) is 0 Å². The molecule has 6 heteroatoms. The van der Waals surface area contributed by atoms with E-state index in [4.69, 9.17) is 4.74 Å². The van der Waals surface area contributed by atoms with Gasteiger partial charge in [0.25, 0.3) is 0 Å². The maximum atomic E-state index is 12.5. The molecule has 0 radical (unpaired) electrons. The second kappa shape index (κ2) is 11.9. The quantitative estimate of drug-likeness (QED) is 0.575. The van der Waals surface area contributed by atoms with Gasteiger partial charge >= 0.3 is 0 Å².